The van der Waals surface area contributed by atoms with E-state index in [0.717, 1.165) is 0 Å². The van der Waals surface area contributed by atoms with Crippen molar-refractivity contribution in [3.05, 3.63) is 33.8 Å². The molecule has 0 atom stereocenters. The lowest BCUT2D eigenvalue weighted by Gasteiger charge is -2.20. The fraction of sp³-hybridized carbons (Fsp3) is 0.333. The molecule has 6 heteroatoms. The van der Waals surface area contributed by atoms with Gasteiger partial charge < -0.3 is 10.0 Å². The Labute approximate surface area is 115 Å². The maximum atomic E-state index is 12.2. The van der Waals surface area contributed by atoms with Crippen LogP contribution >= 0.6 is 23.2 Å². The molecule has 0 fully saturated rings. The Morgan fingerprint density at radius 2 is 2.00 bits per heavy atom. The van der Waals surface area contributed by atoms with E-state index in [1.165, 1.54) is 11.0 Å². The fourth-order valence-corrected chi connectivity index (χ4v) is 1.84. The van der Waals surface area contributed by atoms with Crippen molar-refractivity contribution in [2.75, 3.05) is 13.1 Å². The number of carbonyl (C=O) groups excluding carboxylic acids is 1. The summed E-state index contributed by atoms with van der Waals surface area (Å²) in [7, 11) is 0. The molecule has 1 aromatic carbocycles. The molecule has 0 heterocycles. The first kappa shape index (κ1) is 14.8. The number of nitrogens with zero attached hydrogens (tertiary/aromatic N) is 1. The Bertz CT molecular complexity index is 463. The summed E-state index contributed by atoms with van der Waals surface area (Å²) in [5.74, 6) is -1.26. The number of carbonyl (C=O) groups is 2. The minimum Gasteiger partial charge on any atom is -0.481 e. The summed E-state index contributed by atoms with van der Waals surface area (Å²) in [6, 6.07) is 4.62. The Morgan fingerprint density at radius 3 is 2.56 bits per heavy atom. The van der Waals surface area contributed by atoms with E-state index in [1.54, 1.807) is 19.1 Å². The van der Waals surface area contributed by atoms with Crippen LogP contribution in [0.4, 0.5) is 0 Å². The molecule has 98 valence electrons. The summed E-state index contributed by atoms with van der Waals surface area (Å²) < 4.78 is 0. The second kappa shape index (κ2) is 6.61. The van der Waals surface area contributed by atoms with Crippen LogP contribution in [0.25, 0.3) is 0 Å². The average molecular weight is 290 g/mol. The number of carboxylic acid groups (broad SMARTS) is 1. The van der Waals surface area contributed by atoms with Gasteiger partial charge in [0.05, 0.1) is 17.0 Å². The normalized spacial score (nSPS) is 10.2. The van der Waals surface area contributed by atoms with Crippen molar-refractivity contribution in [1.82, 2.24) is 4.90 Å². The molecular formula is C12H13Cl2NO3. The Balaban J connectivity index is 2.89. The van der Waals surface area contributed by atoms with Crippen LogP contribution in [0.2, 0.25) is 10.0 Å². The molecule has 0 saturated carbocycles. The molecule has 0 spiro atoms. The Morgan fingerprint density at radius 1 is 1.33 bits per heavy atom. The van der Waals surface area contributed by atoms with Crippen molar-refractivity contribution >= 4 is 35.1 Å². The molecule has 1 amide bonds. The standard InChI is InChI=1S/C12H13Cl2NO3/c1-2-15(6-5-11(16)17)12(18)9-7-8(13)3-4-10(9)14/h3-4,7H,2,5-6H2,1H3,(H,16,17). The third kappa shape index (κ3) is 3.89. The van der Waals surface area contributed by atoms with Crippen LogP contribution < -0.4 is 0 Å². The largest absolute Gasteiger partial charge is 0.481 e. The second-order valence-corrected chi connectivity index (χ2v) is 4.50. The first-order valence-electron chi connectivity index (χ1n) is 5.41. The van der Waals surface area contributed by atoms with E-state index in [4.69, 9.17) is 28.3 Å². The zero-order valence-electron chi connectivity index (χ0n) is 9.82. The maximum Gasteiger partial charge on any atom is 0.305 e. The SMILES string of the molecule is CCN(CCC(=O)O)C(=O)c1cc(Cl)ccc1Cl. The highest BCUT2D eigenvalue weighted by atomic mass is 35.5. The van der Waals surface area contributed by atoms with Crippen LogP contribution in [-0.2, 0) is 4.79 Å². The van der Waals surface area contributed by atoms with Gasteiger partial charge in [0.15, 0.2) is 0 Å². The predicted octanol–water partition coefficient (Wildman–Crippen LogP) is 2.93. The quantitative estimate of drug-likeness (QED) is 0.907. The number of carboxylic acids is 1. The fourth-order valence-electron chi connectivity index (χ4n) is 1.47. The van der Waals surface area contributed by atoms with Gasteiger partial charge in [-0.3, -0.25) is 9.59 Å². The van der Waals surface area contributed by atoms with Crippen molar-refractivity contribution < 1.29 is 14.7 Å². The highest BCUT2D eigenvalue weighted by molar-refractivity contribution is 6.35. The maximum absolute atomic E-state index is 12.2. The second-order valence-electron chi connectivity index (χ2n) is 3.65. The van der Waals surface area contributed by atoms with E-state index >= 15 is 0 Å². The summed E-state index contributed by atoms with van der Waals surface area (Å²) in [5, 5.41) is 9.34. The molecule has 0 aliphatic rings. The van der Waals surface area contributed by atoms with E-state index in [9.17, 15) is 9.59 Å². The Kier molecular flexibility index (Phi) is 5.44. The van der Waals surface area contributed by atoms with Gasteiger partial charge in [0.1, 0.15) is 0 Å². The lowest BCUT2D eigenvalue weighted by atomic mass is 10.2. The van der Waals surface area contributed by atoms with Crippen molar-refractivity contribution in [3.63, 3.8) is 0 Å². The lowest BCUT2D eigenvalue weighted by Crippen LogP contribution is -2.33. The number of aliphatic carboxylic acids is 1. The van der Waals surface area contributed by atoms with E-state index in [1.807, 2.05) is 0 Å². The summed E-state index contributed by atoms with van der Waals surface area (Å²) in [5.41, 5.74) is 0.288. The molecule has 4 nitrogen and oxygen atoms in total. The van der Waals surface area contributed by atoms with Crippen molar-refractivity contribution in [1.29, 1.82) is 0 Å². The minimum absolute atomic E-state index is 0.0994. The first-order valence-corrected chi connectivity index (χ1v) is 6.17. The van der Waals surface area contributed by atoms with Crippen LogP contribution in [0.15, 0.2) is 18.2 Å². The number of amides is 1. The van der Waals surface area contributed by atoms with Gasteiger partial charge in [-0.05, 0) is 25.1 Å². The molecule has 0 bridgehead atoms. The highest BCUT2D eigenvalue weighted by Gasteiger charge is 2.18. The molecule has 18 heavy (non-hydrogen) atoms. The van der Waals surface area contributed by atoms with Gasteiger partial charge in [-0.1, -0.05) is 23.2 Å². The lowest BCUT2D eigenvalue weighted by molar-refractivity contribution is -0.137. The van der Waals surface area contributed by atoms with Crippen LogP contribution in [0.1, 0.15) is 23.7 Å². The highest BCUT2D eigenvalue weighted by Crippen LogP contribution is 2.22. The molecule has 1 aromatic rings. The third-order valence-corrected chi connectivity index (χ3v) is 2.99. The number of halogens is 2. The van der Waals surface area contributed by atoms with E-state index in [-0.39, 0.29) is 24.4 Å². The molecule has 0 radical (unpaired) electrons. The smallest absolute Gasteiger partial charge is 0.305 e. The summed E-state index contributed by atoms with van der Waals surface area (Å²) in [6.45, 7) is 2.33. The summed E-state index contributed by atoms with van der Waals surface area (Å²) in [4.78, 5) is 24.1. The number of hydrogen-bond donors (Lipinski definition) is 1. The molecule has 0 aromatic heterocycles. The monoisotopic (exact) mass is 289 g/mol. The topological polar surface area (TPSA) is 57.6 Å². The van der Waals surface area contributed by atoms with Gasteiger partial charge in [-0.15, -0.1) is 0 Å². The van der Waals surface area contributed by atoms with Crippen molar-refractivity contribution in [2.24, 2.45) is 0 Å². The van der Waals surface area contributed by atoms with Gasteiger partial charge in [0, 0.05) is 18.1 Å². The van der Waals surface area contributed by atoms with Gasteiger partial charge in [0.25, 0.3) is 5.91 Å². The molecular weight excluding hydrogens is 277 g/mol. The molecule has 0 saturated heterocycles. The van der Waals surface area contributed by atoms with Gasteiger partial charge in [-0.25, -0.2) is 0 Å². The van der Waals surface area contributed by atoms with E-state index in [2.05, 4.69) is 0 Å². The number of rotatable bonds is 5. The molecule has 0 unspecified atom stereocenters. The number of benzene rings is 1. The third-order valence-electron chi connectivity index (χ3n) is 2.42. The van der Waals surface area contributed by atoms with Crippen LogP contribution in [0, 0.1) is 0 Å². The van der Waals surface area contributed by atoms with Gasteiger partial charge in [0.2, 0.25) is 0 Å². The van der Waals surface area contributed by atoms with Crippen LogP contribution in [-0.4, -0.2) is 35.0 Å². The average Bonchev–Trinajstić information content (AvgIpc) is 2.32. The first-order chi connectivity index (χ1) is 8.45. The van der Waals surface area contributed by atoms with Gasteiger partial charge in [-0.2, -0.15) is 0 Å². The zero-order valence-corrected chi connectivity index (χ0v) is 11.3. The summed E-state index contributed by atoms with van der Waals surface area (Å²) >= 11 is 11.7. The zero-order chi connectivity index (χ0) is 13.7. The van der Waals surface area contributed by atoms with Gasteiger partial charge >= 0.3 is 5.97 Å². The van der Waals surface area contributed by atoms with E-state index in [0.29, 0.717) is 16.6 Å². The van der Waals surface area contributed by atoms with Crippen molar-refractivity contribution in [2.45, 2.75) is 13.3 Å². The molecule has 1 rings (SSSR count). The van der Waals surface area contributed by atoms with Crippen molar-refractivity contribution in [3.8, 4) is 0 Å². The number of hydrogen-bond acceptors (Lipinski definition) is 2. The molecule has 1 N–H and O–H groups in total. The Hall–Kier alpha value is -1.26. The summed E-state index contributed by atoms with van der Waals surface area (Å²) in [6.07, 6.45) is -0.0994. The van der Waals surface area contributed by atoms with Crippen LogP contribution in [0.5, 0.6) is 0 Å². The molecule has 0 aliphatic carbocycles. The predicted molar refractivity (Wildman–Crippen MR) is 70.3 cm³/mol. The minimum atomic E-state index is -0.946. The molecule has 0 aliphatic heterocycles. The van der Waals surface area contributed by atoms with Crippen LogP contribution in [0.3, 0.4) is 0 Å². The van der Waals surface area contributed by atoms with E-state index < -0.39 is 5.97 Å².